The van der Waals surface area contributed by atoms with E-state index in [1.165, 1.54) is 6.08 Å². The Morgan fingerprint density at radius 1 is 0.935 bits per heavy atom. The molecule has 0 aliphatic rings. The van der Waals surface area contributed by atoms with E-state index < -0.39 is 11.7 Å². The smallest absolute Gasteiger partial charge is 0.407 e. The number of hydrogen-bond donors (Lipinski definition) is 3. The summed E-state index contributed by atoms with van der Waals surface area (Å²) in [4.78, 5) is 35.6. The van der Waals surface area contributed by atoms with Gasteiger partial charge in [0.1, 0.15) is 5.60 Å². The summed E-state index contributed by atoms with van der Waals surface area (Å²) < 4.78 is 6.08. The summed E-state index contributed by atoms with van der Waals surface area (Å²) in [5.41, 5.74) is 1.52. The lowest BCUT2D eigenvalue weighted by Gasteiger charge is -2.19. The van der Waals surface area contributed by atoms with E-state index in [-0.39, 0.29) is 24.8 Å². The van der Waals surface area contributed by atoms with Crippen molar-refractivity contribution in [2.45, 2.75) is 32.8 Å². The molecule has 0 radical (unpaired) electrons. The first-order valence-electron chi connectivity index (χ1n) is 9.72. The number of alkyl carbamates (subject to hydrolysis) is 1. The number of anilines is 2. The lowest BCUT2D eigenvalue weighted by Crippen LogP contribution is -2.34. The van der Waals surface area contributed by atoms with Crippen LogP contribution in [0.1, 0.15) is 32.8 Å². The average Bonchev–Trinajstić information content (AvgIpc) is 2.67. The molecule has 164 valence electrons. The maximum Gasteiger partial charge on any atom is 0.407 e. The molecule has 3 amide bonds. The van der Waals surface area contributed by atoms with Gasteiger partial charge < -0.3 is 20.7 Å². The second-order valence-electron chi connectivity index (χ2n) is 7.68. The molecule has 0 unspecified atom stereocenters. The first-order valence-corrected chi connectivity index (χ1v) is 10.5. The first kappa shape index (κ1) is 24.1. The SMILES string of the molecule is CC(C)(C)OC(=O)NCCC(=O)Nc1ccc(NC(=O)/C=C/c2ccc(Br)cc2)cc1. The molecular weight excluding hydrogens is 462 g/mol. The van der Waals surface area contributed by atoms with Gasteiger partial charge in [-0.1, -0.05) is 28.1 Å². The third kappa shape index (κ3) is 9.95. The lowest BCUT2D eigenvalue weighted by molar-refractivity contribution is -0.116. The fourth-order valence-corrected chi connectivity index (χ4v) is 2.65. The van der Waals surface area contributed by atoms with Crippen LogP contribution >= 0.6 is 15.9 Å². The van der Waals surface area contributed by atoms with Crippen molar-refractivity contribution in [3.05, 3.63) is 64.6 Å². The highest BCUT2D eigenvalue weighted by atomic mass is 79.9. The zero-order chi connectivity index (χ0) is 22.9. The summed E-state index contributed by atoms with van der Waals surface area (Å²) in [6.07, 6.45) is 2.73. The van der Waals surface area contributed by atoms with E-state index in [0.717, 1.165) is 10.0 Å². The van der Waals surface area contributed by atoms with E-state index in [1.807, 2.05) is 24.3 Å². The van der Waals surface area contributed by atoms with Crippen LogP contribution in [0, 0.1) is 0 Å². The molecule has 3 N–H and O–H groups in total. The van der Waals surface area contributed by atoms with Crippen molar-refractivity contribution in [1.82, 2.24) is 5.32 Å². The second-order valence-corrected chi connectivity index (χ2v) is 8.59. The summed E-state index contributed by atoms with van der Waals surface area (Å²) >= 11 is 3.37. The number of carbonyl (C=O) groups excluding carboxylic acids is 3. The number of halogens is 1. The molecule has 0 saturated heterocycles. The number of benzene rings is 2. The van der Waals surface area contributed by atoms with Crippen LogP contribution in [0.2, 0.25) is 0 Å². The Bertz CT molecular complexity index is 933. The van der Waals surface area contributed by atoms with Crippen LogP contribution in [-0.2, 0) is 14.3 Å². The molecule has 0 aromatic heterocycles. The summed E-state index contributed by atoms with van der Waals surface area (Å²) in [6.45, 7) is 5.47. The summed E-state index contributed by atoms with van der Waals surface area (Å²) in [5.74, 6) is -0.502. The van der Waals surface area contributed by atoms with Gasteiger partial charge in [-0.05, 0) is 68.8 Å². The third-order valence-electron chi connectivity index (χ3n) is 3.75. The predicted octanol–water partition coefficient (Wildman–Crippen LogP) is 4.95. The van der Waals surface area contributed by atoms with Crippen molar-refractivity contribution in [2.75, 3.05) is 17.2 Å². The third-order valence-corrected chi connectivity index (χ3v) is 4.28. The Hall–Kier alpha value is -3.13. The Kier molecular flexibility index (Phi) is 8.81. The molecule has 0 fully saturated rings. The van der Waals surface area contributed by atoms with Crippen LogP contribution in [-0.4, -0.2) is 30.1 Å². The Labute approximate surface area is 190 Å². The largest absolute Gasteiger partial charge is 0.444 e. The Balaban J connectivity index is 1.75. The zero-order valence-electron chi connectivity index (χ0n) is 17.7. The molecule has 7 nitrogen and oxygen atoms in total. The quantitative estimate of drug-likeness (QED) is 0.481. The van der Waals surface area contributed by atoms with Crippen LogP contribution in [0.15, 0.2) is 59.1 Å². The predicted molar refractivity (Wildman–Crippen MR) is 126 cm³/mol. The van der Waals surface area contributed by atoms with Crippen molar-refractivity contribution in [2.24, 2.45) is 0 Å². The molecule has 0 heterocycles. The molecule has 0 saturated carbocycles. The fraction of sp³-hybridized carbons (Fsp3) is 0.261. The van der Waals surface area contributed by atoms with Crippen LogP contribution in [0.4, 0.5) is 16.2 Å². The van der Waals surface area contributed by atoms with Gasteiger partial charge in [-0.2, -0.15) is 0 Å². The second kappa shape index (κ2) is 11.3. The molecule has 0 aliphatic carbocycles. The van der Waals surface area contributed by atoms with E-state index in [4.69, 9.17) is 4.74 Å². The Morgan fingerprint density at radius 2 is 1.52 bits per heavy atom. The van der Waals surface area contributed by atoms with Gasteiger partial charge >= 0.3 is 6.09 Å². The van der Waals surface area contributed by atoms with E-state index in [9.17, 15) is 14.4 Å². The molecule has 31 heavy (non-hydrogen) atoms. The van der Waals surface area contributed by atoms with Gasteiger partial charge in [0.15, 0.2) is 0 Å². The molecule has 8 heteroatoms. The number of nitrogens with one attached hydrogen (secondary N) is 3. The molecule has 0 spiro atoms. The van der Waals surface area contributed by atoms with E-state index in [2.05, 4.69) is 31.9 Å². The maximum atomic E-state index is 12.1. The van der Waals surface area contributed by atoms with Crippen molar-refractivity contribution < 1.29 is 19.1 Å². The fourth-order valence-electron chi connectivity index (χ4n) is 2.38. The summed E-state index contributed by atoms with van der Waals surface area (Å²) in [7, 11) is 0. The van der Waals surface area contributed by atoms with E-state index >= 15 is 0 Å². The number of amides is 3. The summed E-state index contributed by atoms with van der Waals surface area (Å²) in [6, 6.07) is 14.4. The van der Waals surface area contributed by atoms with Crippen LogP contribution in [0.25, 0.3) is 6.08 Å². The zero-order valence-corrected chi connectivity index (χ0v) is 19.3. The maximum absolute atomic E-state index is 12.1. The standard InChI is InChI=1S/C23H26BrN3O4/c1-23(2,3)31-22(30)25-15-14-21(29)27-19-11-9-18(10-12-19)26-20(28)13-6-16-4-7-17(24)8-5-16/h4-13H,14-15H2,1-3H3,(H,25,30)(H,26,28)(H,27,29)/b13-6+. The van der Waals surface area contributed by atoms with Gasteiger partial charge in [0.25, 0.3) is 0 Å². The van der Waals surface area contributed by atoms with Gasteiger partial charge in [0.2, 0.25) is 11.8 Å². The molecule has 2 aromatic carbocycles. The average molecular weight is 488 g/mol. The van der Waals surface area contributed by atoms with Crippen molar-refractivity contribution >= 4 is 51.3 Å². The minimum atomic E-state index is -0.585. The lowest BCUT2D eigenvalue weighted by atomic mass is 10.2. The highest BCUT2D eigenvalue weighted by Gasteiger charge is 2.15. The minimum absolute atomic E-state index is 0.110. The molecule has 2 rings (SSSR count). The molecule has 0 aliphatic heterocycles. The van der Waals surface area contributed by atoms with E-state index in [0.29, 0.717) is 11.4 Å². The van der Waals surface area contributed by atoms with Crippen LogP contribution in [0.5, 0.6) is 0 Å². The molecule has 2 aromatic rings. The minimum Gasteiger partial charge on any atom is -0.444 e. The van der Waals surface area contributed by atoms with Crippen LogP contribution in [0.3, 0.4) is 0 Å². The topological polar surface area (TPSA) is 96.5 Å². The van der Waals surface area contributed by atoms with Gasteiger partial charge in [-0.15, -0.1) is 0 Å². The van der Waals surface area contributed by atoms with Crippen molar-refractivity contribution in [1.29, 1.82) is 0 Å². The normalized spacial score (nSPS) is 11.1. The summed E-state index contributed by atoms with van der Waals surface area (Å²) in [5, 5.41) is 8.03. The van der Waals surface area contributed by atoms with Crippen molar-refractivity contribution in [3.63, 3.8) is 0 Å². The highest BCUT2D eigenvalue weighted by molar-refractivity contribution is 9.10. The number of carbonyl (C=O) groups is 3. The number of ether oxygens (including phenoxy) is 1. The monoisotopic (exact) mass is 487 g/mol. The van der Waals surface area contributed by atoms with Gasteiger partial charge in [-0.25, -0.2) is 4.79 Å². The van der Waals surface area contributed by atoms with Gasteiger partial charge in [-0.3, -0.25) is 9.59 Å². The van der Waals surface area contributed by atoms with Crippen LogP contribution < -0.4 is 16.0 Å². The van der Waals surface area contributed by atoms with Crippen molar-refractivity contribution in [3.8, 4) is 0 Å². The Morgan fingerprint density at radius 3 is 2.10 bits per heavy atom. The molecular formula is C23H26BrN3O4. The molecule has 0 atom stereocenters. The van der Waals surface area contributed by atoms with Gasteiger partial charge in [0.05, 0.1) is 0 Å². The molecule has 0 bridgehead atoms. The number of rotatable bonds is 7. The van der Waals surface area contributed by atoms with E-state index in [1.54, 1.807) is 51.1 Å². The first-order chi connectivity index (χ1) is 14.6. The highest BCUT2D eigenvalue weighted by Crippen LogP contribution is 2.15. The van der Waals surface area contributed by atoms with Gasteiger partial charge in [0, 0.05) is 34.9 Å². The number of hydrogen-bond acceptors (Lipinski definition) is 4.